The van der Waals surface area contributed by atoms with E-state index in [4.69, 9.17) is 16.3 Å². The molecule has 2 aliphatic rings. The Morgan fingerprint density at radius 2 is 1.17 bits per heavy atom. The van der Waals surface area contributed by atoms with Gasteiger partial charge in [-0.2, -0.15) is 0 Å². The molecule has 76 heavy (non-hydrogen) atoms. The van der Waals surface area contributed by atoms with E-state index in [1.807, 2.05) is 48.9 Å². The van der Waals surface area contributed by atoms with Crippen LogP contribution in [-0.4, -0.2) is 83.3 Å². The van der Waals surface area contributed by atoms with E-state index in [9.17, 15) is 41.8 Å². The number of nitrogens with zero attached hydrogens (tertiary/aromatic N) is 7. The fourth-order valence-corrected chi connectivity index (χ4v) is 10.2. The molecule has 2 aliphatic heterocycles. The van der Waals surface area contributed by atoms with Crippen molar-refractivity contribution in [1.29, 1.82) is 0 Å². The predicted octanol–water partition coefficient (Wildman–Crippen LogP) is 10.3. The first-order valence-corrected chi connectivity index (χ1v) is 25.2. The van der Waals surface area contributed by atoms with Crippen LogP contribution in [-0.2, 0) is 53.3 Å². The Morgan fingerprint density at radius 1 is 0.671 bits per heavy atom. The first-order chi connectivity index (χ1) is 36.5. The summed E-state index contributed by atoms with van der Waals surface area (Å²) in [5, 5.41) is 29.2. The standard InChI is InChI=1S/C28H26F2N4O3.C22H26N4O2.C7H3ClF2O/c1-3-34-24-10-9-20(16(2)27(24)31-32-34)21(14-25(35)36)18-8-7-17-11-12-33(15-19(17)13-18)28(37)26-22(29)5-4-6-23(26)30;1-4-26-20-8-7-18(14(2)22(20)24-25-26)19(12-21(27)28-3)16-6-5-15-9-10-23-13-17(15)11-16;8-7(11)6-4(9)2-1-3-5(6)10/h4-10,13,21H,3,11-12,14-15H2,1-2H3,(H,35,36);5-8,11,19,23H,4,9-10,12-13H2,1-3H3;1-3H. The van der Waals surface area contributed by atoms with E-state index in [1.54, 1.807) is 4.68 Å². The average Bonchev–Trinajstić information content (AvgIpc) is 4.06. The zero-order chi connectivity index (χ0) is 54.4. The molecule has 2 atom stereocenters. The molecule has 0 saturated heterocycles. The van der Waals surface area contributed by atoms with Crippen LogP contribution in [0.1, 0.15) is 115 Å². The van der Waals surface area contributed by atoms with Gasteiger partial charge in [-0.25, -0.2) is 26.9 Å². The van der Waals surface area contributed by atoms with Gasteiger partial charge in [-0.3, -0.25) is 19.2 Å². The monoisotopic (exact) mass is 1060 g/mol. The minimum Gasteiger partial charge on any atom is -0.481 e. The van der Waals surface area contributed by atoms with Crippen LogP contribution in [0.2, 0.25) is 0 Å². The number of aliphatic carboxylic acids is 1. The summed E-state index contributed by atoms with van der Waals surface area (Å²) in [6.07, 6.45) is 1.75. The maximum absolute atomic E-state index is 14.2. The van der Waals surface area contributed by atoms with Crippen molar-refractivity contribution in [3.8, 4) is 0 Å². The van der Waals surface area contributed by atoms with Gasteiger partial charge in [-0.05, 0) is 151 Å². The minimum atomic E-state index is -1.12. The number of carboxylic acids is 1. The minimum absolute atomic E-state index is 0.0733. The van der Waals surface area contributed by atoms with E-state index in [0.717, 1.165) is 123 Å². The molecule has 0 radical (unpaired) electrons. The average molecular weight is 1060 g/mol. The van der Waals surface area contributed by atoms with E-state index in [2.05, 4.69) is 70.1 Å². The summed E-state index contributed by atoms with van der Waals surface area (Å²) >= 11 is 4.89. The number of amides is 1. The SMILES string of the molecule is CCn1nnc2c(C)c(C(CC(=O)O)c3ccc4c(c3)CN(C(=O)c3c(F)cccc3F)CC4)ccc21.CCn1nnc2c(C)c(C(CC(=O)OC)c3ccc4c(c3)CNCC4)ccc21.O=C(Cl)c1c(F)cccc1F. The summed E-state index contributed by atoms with van der Waals surface area (Å²) in [6, 6.07) is 26.9. The third-order valence-electron chi connectivity index (χ3n) is 14.1. The maximum Gasteiger partial charge on any atom is 0.306 e. The van der Waals surface area contributed by atoms with Gasteiger partial charge < -0.3 is 20.1 Å². The largest absolute Gasteiger partial charge is 0.481 e. The summed E-state index contributed by atoms with van der Waals surface area (Å²) in [7, 11) is 1.44. The molecule has 1 amide bonds. The molecule has 2 aromatic heterocycles. The number of hydrogen-bond acceptors (Lipinski definition) is 10. The fraction of sp³-hybridized carbons (Fsp3) is 0.298. The van der Waals surface area contributed by atoms with E-state index in [-0.39, 0.29) is 24.9 Å². The van der Waals surface area contributed by atoms with Crippen LogP contribution in [0.15, 0.2) is 97.1 Å². The number of benzene rings is 6. The molecule has 4 heterocycles. The van der Waals surface area contributed by atoms with E-state index in [1.165, 1.54) is 29.2 Å². The van der Waals surface area contributed by atoms with Crippen molar-refractivity contribution < 1.29 is 46.6 Å². The van der Waals surface area contributed by atoms with E-state index in [0.29, 0.717) is 25.9 Å². The Kier molecular flexibility index (Phi) is 17.0. The lowest BCUT2D eigenvalue weighted by Gasteiger charge is -2.30. The van der Waals surface area contributed by atoms with Crippen LogP contribution < -0.4 is 5.32 Å². The van der Waals surface area contributed by atoms with Crippen molar-refractivity contribution >= 4 is 56.8 Å². The first kappa shape index (κ1) is 54.4. The van der Waals surface area contributed by atoms with Crippen LogP contribution in [0, 0.1) is 37.1 Å². The fourth-order valence-electron chi connectivity index (χ4n) is 10.1. The Bertz CT molecular complexity index is 3470. The second kappa shape index (κ2) is 23.8. The van der Waals surface area contributed by atoms with Crippen molar-refractivity contribution in [2.75, 3.05) is 20.2 Å². The number of aryl methyl sites for hydroxylation is 4. The van der Waals surface area contributed by atoms with Crippen LogP contribution in [0.3, 0.4) is 0 Å². The van der Waals surface area contributed by atoms with Crippen LogP contribution >= 0.6 is 11.6 Å². The van der Waals surface area contributed by atoms with Crippen molar-refractivity contribution in [1.82, 2.24) is 40.2 Å². The molecule has 6 aromatic carbocycles. The molecular formula is C57H55ClF4N8O6. The number of carbonyl (C=O) groups is 4. The third kappa shape index (κ3) is 11.5. The highest BCUT2D eigenvalue weighted by molar-refractivity contribution is 6.67. The highest BCUT2D eigenvalue weighted by Crippen LogP contribution is 2.37. The molecule has 2 N–H and O–H groups in total. The number of aromatic nitrogens is 6. The topological polar surface area (TPSA) is 174 Å². The second-order valence-electron chi connectivity index (χ2n) is 18.5. The summed E-state index contributed by atoms with van der Waals surface area (Å²) in [4.78, 5) is 48.9. The van der Waals surface area contributed by atoms with Crippen molar-refractivity contribution in [2.45, 2.75) is 91.4 Å². The van der Waals surface area contributed by atoms with Gasteiger partial charge in [0.15, 0.2) is 0 Å². The number of hydrogen-bond donors (Lipinski definition) is 2. The van der Waals surface area contributed by atoms with Crippen LogP contribution in [0.5, 0.6) is 0 Å². The number of halogens is 5. The lowest BCUT2D eigenvalue weighted by molar-refractivity contribution is -0.141. The van der Waals surface area contributed by atoms with Gasteiger partial charge >= 0.3 is 11.9 Å². The number of esters is 1. The molecule has 0 saturated carbocycles. The van der Waals surface area contributed by atoms with E-state index >= 15 is 0 Å². The molecule has 394 valence electrons. The molecule has 0 aliphatic carbocycles. The number of ether oxygens (including phenoxy) is 1. The maximum atomic E-state index is 14.2. The molecule has 2 unspecified atom stereocenters. The zero-order valence-electron chi connectivity index (χ0n) is 42.5. The molecule has 19 heteroatoms. The Hall–Kier alpha value is -7.83. The third-order valence-corrected chi connectivity index (χ3v) is 14.3. The van der Waals surface area contributed by atoms with Gasteiger partial charge in [0.2, 0.25) is 0 Å². The summed E-state index contributed by atoms with van der Waals surface area (Å²) in [5.41, 5.74) is 12.6. The number of rotatable bonds is 12. The second-order valence-corrected chi connectivity index (χ2v) is 18.9. The van der Waals surface area contributed by atoms with E-state index < -0.39 is 57.4 Å². The highest BCUT2D eigenvalue weighted by Gasteiger charge is 2.29. The number of carboxylic acid groups (broad SMARTS) is 1. The van der Waals surface area contributed by atoms with Crippen molar-refractivity contribution in [3.05, 3.63) is 187 Å². The number of nitrogens with one attached hydrogen (secondary N) is 1. The smallest absolute Gasteiger partial charge is 0.306 e. The van der Waals surface area contributed by atoms with Gasteiger partial charge in [-0.1, -0.05) is 71.1 Å². The molecular weight excluding hydrogens is 1000 g/mol. The molecule has 10 rings (SSSR count). The summed E-state index contributed by atoms with van der Waals surface area (Å²) < 4.78 is 62.3. The van der Waals surface area contributed by atoms with Crippen LogP contribution in [0.25, 0.3) is 22.1 Å². The van der Waals surface area contributed by atoms with Gasteiger partial charge in [0, 0.05) is 44.6 Å². The van der Waals surface area contributed by atoms with Gasteiger partial charge in [0.05, 0.1) is 31.0 Å². The number of methoxy groups -OCH3 is 1. The van der Waals surface area contributed by atoms with Crippen molar-refractivity contribution in [3.63, 3.8) is 0 Å². The predicted molar refractivity (Wildman–Crippen MR) is 278 cm³/mol. The molecule has 0 fully saturated rings. The molecule has 0 bridgehead atoms. The summed E-state index contributed by atoms with van der Waals surface area (Å²) in [5.74, 6) is -6.04. The normalized spacial score (nSPS) is 13.6. The van der Waals surface area contributed by atoms with Gasteiger partial charge in [0.25, 0.3) is 11.1 Å². The Labute approximate surface area is 440 Å². The number of carbonyl (C=O) groups excluding carboxylic acids is 3. The lowest BCUT2D eigenvalue weighted by Crippen LogP contribution is -2.37. The number of fused-ring (bicyclic) bond motifs is 4. The summed E-state index contributed by atoms with van der Waals surface area (Å²) in [6.45, 7) is 11.9. The Balaban J connectivity index is 0.000000172. The zero-order valence-corrected chi connectivity index (χ0v) is 43.2. The molecule has 14 nitrogen and oxygen atoms in total. The van der Waals surface area contributed by atoms with Gasteiger partial charge in [-0.15, -0.1) is 10.2 Å². The van der Waals surface area contributed by atoms with Gasteiger partial charge in [0.1, 0.15) is 45.4 Å². The lowest BCUT2D eigenvalue weighted by atomic mass is 9.83. The van der Waals surface area contributed by atoms with Crippen molar-refractivity contribution in [2.24, 2.45) is 0 Å². The quantitative estimate of drug-likeness (QED) is 0.0677. The van der Waals surface area contributed by atoms with Crippen LogP contribution in [0.4, 0.5) is 17.6 Å². The first-order valence-electron chi connectivity index (χ1n) is 24.8. The highest BCUT2D eigenvalue weighted by atomic mass is 35.5. The Morgan fingerprint density at radius 3 is 1.66 bits per heavy atom. The molecule has 8 aromatic rings. The molecule has 0 spiro atoms.